The molecule has 0 atom stereocenters. The van der Waals surface area contributed by atoms with E-state index in [9.17, 15) is 8.42 Å². The summed E-state index contributed by atoms with van der Waals surface area (Å²) in [6.45, 7) is 1.99. The van der Waals surface area contributed by atoms with Crippen molar-refractivity contribution in [3.8, 4) is 5.75 Å². The molecule has 0 amide bonds. The number of thiophene rings is 1. The Bertz CT molecular complexity index is 983. The first kappa shape index (κ1) is 18.2. The summed E-state index contributed by atoms with van der Waals surface area (Å²) < 4.78 is 32.8. The molecule has 0 saturated heterocycles. The van der Waals surface area contributed by atoms with Crippen molar-refractivity contribution < 1.29 is 13.2 Å². The molecule has 0 spiro atoms. The van der Waals surface area contributed by atoms with Crippen LogP contribution in [0, 0.1) is 0 Å². The van der Waals surface area contributed by atoms with Gasteiger partial charge in [-0.25, -0.2) is 13.4 Å². The van der Waals surface area contributed by atoms with Gasteiger partial charge < -0.3 is 10.1 Å². The van der Waals surface area contributed by atoms with Crippen LogP contribution in [0.1, 0.15) is 11.8 Å². The van der Waals surface area contributed by atoms with Crippen LogP contribution >= 0.6 is 11.3 Å². The number of pyridine rings is 1. The molecule has 136 valence electrons. The highest BCUT2D eigenvalue weighted by Gasteiger charge is 2.17. The lowest BCUT2D eigenvalue weighted by molar-refractivity contribution is 0.415. The third-order valence-electron chi connectivity index (χ3n) is 3.61. The minimum Gasteiger partial charge on any atom is -0.497 e. The molecule has 26 heavy (non-hydrogen) atoms. The lowest BCUT2D eigenvalue weighted by Gasteiger charge is -2.09. The predicted molar refractivity (Wildman–Crippen MR) is 105 cm³/mol. The lowest BCUT2D eigenvalue weighted by atomic mass is 10.3. The summed E-state index contributed by atoms with van der Waals surface area (Å²) >= 11 is 1.27. The third-order valence-corrected chi connectivity index (χ3v) is 6.69. The molecular formula is C18H19N3O3S2. The minimum absolute atomic E-state index is 0.271. The van der Waals surface area contributed by atoms with E-state index in [0.29, 0.717) is 0 Å². The smallest absolute Gasteiger partial charge is 0.272 e. The number of hydrogen-bond donors (Lipinski definition) is 2. The van der Waals surface area contributed by atoms with Gasteiger partial charge in [-0.3, -0.25) is 4.72 Å². The Morgan fingerprint density at radius 1 is 1.12 bits per heavy atom. The van der Waals surface area contributed by atoms with E-state index >= 15 is 0 Å². The second kappa shape index (κ2) is 7.76. The maximum Gasteiger partial charge on any atom is 0.272 e. The van der Waals surface area contributed by atoms with Gasteiger partial charge in [-0.05, 0) is 42.8 Å². The normalized spacial score (nSPS) is 11.2. The van der Waals surface area contributed by atoms with E-state index in [1.165, 1.54) is 11.3 Å². The Morgan fingerprint density at radius 3 is 2.62 bits per heavy atom. The SMILES string of the molecule is CCc1ccc(S(=O)(=O)Nc2ccc(Nc3cccc(OC)c3)cn2)s1. The van der Waals surface area contributed by atoms with Crippen LogP contribution in [0.5, 0.6) is 5.75 Å². The quantitative estimate of drug-likeness (QED) is 0.631. The van der Waals surface area contributed by atoms with Gasteiger partial charge in [-0.15, -0.1) is 11.3 Å². The average Bonchev–Trinajstić information content (AvgIpc) is 3.14. The van der Waals surface area contributed by atoms with Crippen molar-refractivity contribution in [1.29, 1.82) is 0 Å². The monoisotopic (exact) mass is 389 g/mol. The summed E-state index contributed by atoms with van der Waals surface area (Å²) in [5.74, 6) is 1.02. The zero-order chi connectivity index (χ0) is 18.6. The Balaban J connectivity index is 1.71. The number of benzene rings is 1. The number of ether oxygens (including phenoxy) is 1. The van der Waals surface area contributed by atoms with E-state index in [4.69, 9.17) is 4.74 Å². The first-order valence-corrected chi connectivity index (χ1v) is 10.3. The van der Waals surface area contributed by atoms with E-state index in [1.54, 1.807) is 31.5 Å². The van der Waals surface area contributed by atoms with E-state index in [-0.39, 0.29) is 10.0 Å². The molecule has 3 rings (SSSR count). The highest BCUT2D eigenvalue weighted by atomic mass is 32.2. The highest BCUT2D eigenvalue weighted by molar-refractivity contribution is 7.94. The first-order valence-electron chi connectivity index (χ1n) is 7.99. The van der Waals surface area contributed by atoms with Crippen LogP contribution in [0.15, 0.2) is 58.9 Å². The summed E-state index contributed by atoms with van der Waals surface area (Å²) in [5.41, 5.74) is 1.59. The van der Waals surface area contributed by atoms with Crippen LogP contribution in [0.3, 0.4) is 0 Å². The molecule has 0 unspecified atom stereocenters. The molecule has 2 aromatic heterocycles. The maximum atomic E-state index is 12.4. The van der Waals surface area contributed by atoms with E-state index in [0.717, 1.165) is 28.4 Å². The van der Waals surface area contributed by atoms with Gasteiger partial charge in [0.1, 0.15) is 15.8 Å². The van der Waals surface area contributed by atoms with Gasteiger partial charge in [0.25, 0.3) is 10.0 Å². The van der Waals surface area contributed by atoms with Crippen LogP contribution in [0.2, 0.25) is 0 Å². The predicted octanol–water partition coefficient (Wildman–Crippen LogP) is 4.26. The standard InChI is InChI=1S/C18H19N3O3S2/c1-3-16-8-10-18(25-16)26(22,23)21-17-9-7-14(12-19-17)20-13-5-4-6-15(11-13)24-2/h4-12,20H,3H2,1-2H3,(H,19,21). The van der Waals surface area contributed by atoms with Gasteiger partial charge >= 0.3 is 0 Å². The maximum absolute atomic E-state index is 12.4. The van der Waals surface area contributed by atoms with Crippen molar-refractivity contribution >= 4 is 38.6 Å². The van der Waals surface area contributed by atoms with Crippen LogP contribution in [0.25, 0.3) is 0 Å². The van der Waals surface area contributed by atoms with Crippen molar-refractivity contribution in [1.82, 2.24) is 4.98 Å². The molecule has 0 aliphatic rings. The van der Waals surface area contributed by atoms with Crippen molar-refractivity contribution in [2.45, 2.75) is 17.6 Å². The van der Waals surface area contributed by atoms with Crippen molar-refractivity contribution in [2.75, 3.05) is 17.1 Å². The van der Waals surface area contributed by atoms with Crippen molar-refractivity contribution in [3.05, 3.63) is 59.6 Å². The van der Waals surface area contributed by atoms with Crippen LogP contribution in [0.4, 0.5) is 17.2 Å². The number of methoxy groups -OCH3 is 1. The second-order valence-electron chi connectivity index (χ2n) is 5.47. The van der Waals surface area contributed by atoms with Crippen LogP contribution in [-0.2, 0) is 16.4 Å². The van der Waals surface area contributed by atoms with Gasteiger partial charge in [0.15, 0.2) is 0 Å². The number of aromatic nitrogens is 1. The molecule has 0 bridgehead atoms. The highest BCUT2D eigenvalue weighted by Crippen LogP contribution is 2.25. The molecule has 2 heterocycles. The number of nitrogens with zero attached hydrogens (tertiary/aromatic N) is 1. The summed E-state index contributed by atoms with van der Waals surface area (Å²) in [6, 6.07) is 14.3. The largest absolute Gasteiger partial charge is 0.497 e. The third kappa shape index (κ3) is 4.33. The number of sulfonamides is 1. The summed E-state index contributed by atoms with van der Waals surface area (Å²) in [7, 11) is -2.00. The molecule has 0 aliphatic heterocycles. The molecule has 8 heteroatoms. The van der Waals surface area contributed by atoms with Crippen molar-refractivity contribution in [2.24, 2.45) is 0 Å². The van der Waals surface area contributed by atoms with Crippen LogP contribution < -0.4 is 14.8 Å². The molecule has 1 aromatic carbocycles. The Labute approximate surface area is 156 Å². The Kier molecular flexibility index (Phi) is 5.43. The summed E-state index contributed by atoms with van der Waals surface area (Å²) in [6.07, 6.45) is 2.38. The number of anilines is 3. The van der Waals surface area contributed by atoms with E-state index in [1.807, 2.05) is 37.3 Å². The van der Waals surface area contributed by atoms with E-state index < -0.39 is 10.0 Å². The first-order chi connectivity index (χ1) is 12.5. The molecule has 0 aliphatic carbocycles. The fourth-order valence-electron chi connectivity index (χ4n) is 2.28. The average molecular weight is 390 g/mol. The molecular weight excluding hydrogens is 370 g/mol. The zero-order valence-corrected chi connectivity index (χ0v) is 16.0. The van der Waals surface area contributed by atoms with Crippen LogP contribution in [-0.4, -0.2) is 20.5 Å². The lowest BCUT2D eigenvalue weighted by Crippen LogP contribution is -2.12. The molecule has 2 N–H and O–H groups in total. The molecule has 0 saturated carbocycles. The molecule has 0 fully saturated rings. The van der Waals surface area contributed by atoms with Gasteiger partial charge in [0.2, 0.25) is 0 Å². The second-order valence-corrected chi connectivity index (χ2v) is 8.55. The topological polar surface area (TPSA) is 80.3 Å². The fraction of sp³-hybridized carbons (Fsp3) is 0.167. The number of hydrogen-bond acceptors (Lipinski definition) is 6. The summed E-state index contributed by atoms with van der Waals surface area (Å²) in [5, 5.41) is 3.19. The summed E-state index contributed by atoms with van der Waals surface area (Å²) in [4.78, 5) is 5.20. The van der Waals surface area contributed by atoms with Gasteiger partial charge in [0.05, 0.1) is 19.0 Å². The van der Waals surface area contributed by atoms with E-state index in [2.05, 4.69) is 15.0 Å². The number of rotatable bonds is 7. The molecule has 6 nitrogen and oxygen atoms in total. The van der Waals surface area contributed by atoms with Gasteiger partial charge in [-0.1, -0.05) is 13.0 Å². The minimum atomic E-state index is -3.61. The zero-order valence-electron chi connectivity index (χ0n) is 14.4. The Morgan fingerprint density at radius 2 is 1.96 bits per heavy atom. The molecule has 0 radical (unpaired) electrons. The Hall–Kier alpha value is -2.58. The van der Waals surface area contributed by atoms with Gasteiger partial charge in [0, 0.05) is 16.6 Å². The fourth-order valence-corrected chi connectivity index (χ4v) is 4.58. The molecule has 3 aromatic rings. The number of nitrogens with one attached hydrogen (secondary N) is 2. The van der Waals surface area contributed by atoms with Crippen molar-refractivity contribution in [3.63, 3.8) is 0 Å². The van der Waals surface area contributed by atoms with Gasteiger partial charge in [-0.2, -0.15) is 0 Å². The number of aryl methyl sites for hydroxylation is 1.